The SMILES string of the molecule is CC1CCN(S(=O)(=O)c2ccc(C(=O)OCCOC(=O)c3ccccc3)cc2)CC1. The minimum atomic E-state index is -3.56. The van der Waals surface area contributed by atoms with Crippen molar-refractivity contribution in [3.05, 3.63) is 65.7 Å². The first-order valence-electron chi connectivity index (χ1n) is 9.87. The van der Waals surface area contributed by atoms with E-state index < -0.39 is 22.0 Å². The molecular weight excluding hydrogens is 406 g/mol. The van der Waals surface area contributed by atoms with Crippen LogP contribution in [0.5, 0.6) is 0 Å². The quantitative estimate of drug-likeness (QED) is 0.494. The maximum atomic E-state index is 12.7. The lowest BCUT2D eigenvalue weighted by atomic mass is 10.0. The number of rotatable bonds is 7. The molecule has 0 unspecified atom stereocenters. The van der Waals surface area contributed by atoms with Gasteiger partial charge in [0.15, 0.2) is 0 Å². The highest BCUT2D eigenvalue weighted by Gasteiger charge is 2.28. The van der Waals surface area contributed by atoms with Gasteiger partial charge in [0.1, 0.15) is 13.2 Å². The summed E-state index contributed by atoms with van der Waals surface area (Å²) in [6.07, 6.45) is 1.69. The molecular formula is C22H25NO6S. The molecule has 0 amide bonds. The van der Waals surface area contributed by atoms with E-state index >= 15 is 0 Å². The Bertz CT molecular complexity index is 964. The summed E-state index contributed by atoms with van der Waals surface area (Å²) in [5.74, 6) is -0.574. The molecule has 0 radical (unpaired) electrons. The van der Waals surface area contributed by atoms with Crippen LogP contribution in [-0.2, 0) is 19.5 Å². The predicted octanol–water partition coefficient (Wildman–Crippen LogP) is 3.12. The number of hydrogen-bond acceptors (Lipinski definition) is 6. The zero-order valence-corrected chi connectivity index (χ0v) is 17.6. The van der Waals surface area contributed by atoms with Gasteiger partial charge in [0.05, 0.1) is 16.0 Å². The number of carbonyl (C=O) groups excluding carboxylic acids is 2. The van der Waals surface area contributed by atoms with Crippen molar-refractivity contribution in [2.24, 2.45) is 5.92 Å². The summed E-state index contributed by atoms with van der Waals surface area (Å²) >= 11 is 0. The predicted molar refractivity (Wildman–Crippen MR) is 111 cm³/mol. The summed E-state index contributed by atoms with van der Waals surface area (Å²) in [5, 5.41) is 0. The van der Waals surface area contributed by atoms with Gasteiger partial charge in [-0.3, -0.25) is 0 Å². The first kappa shape index (κ1) is 22.0. The van der Waals surface area contributed by atoms with Crippen LogP contribution in [0.4, 0.5) is 0 Å². The Hall–Kier alpha value is -2.71. The van der Waals surface area contributed by atoms with Crippen molar-refractivity contribution in [1.82, 2.24) is 4.31 Å². The van der Waals surface area contributed by atoms with Gasteiger partial charge in [-0.2, -0.15) is 4.31 Å². The highest BCUT2D eigenvalue weighted by atomic mass is 32.2. The number of hydrogen-bond donors (Lipinski definition) is 0. The monoisotopic (exact) mass is 431 g/mol. The van der Waals surface area contributed by atoms with Crippen LogP contribution in [0.25, 0.3) is 0 Å². The molecule has 0 N–H and O–H groups in total. The van der Waals surface area contributed by atoms with Crippen molar-refractivity contribution < 1.29 is 27.5 Å². The average Bonchev–Trinajstić information content (AvgIpc) is 2.77. The Morgan fingerprint density at radius 1 is 0.867 bits per heavy atom. The minimum Gasteiger partial charge on any atom is -0.458 e. The van der Waals surface area contributed by atoms with Crippen LogP contribution in [-0.4, -0.2) is 51.0 Å². The fourth-order valence-corrected chi connectivity index (χ4v) is 4.62. The van der Waals surface area contributed by atoms with Crippen molar-refractivity contribution in [2.45, 2.75) is 24.7 Å². The van der Waals surface area contributed by atoms with Gasteiger partial charge >= 0.3 is 11.9 Å². The first-order chi connectivity index (χ1) is 14.4. The maximum Gasteiger partial charge on any atom is 0.338 e. The van der Waals surface area contributed by atoms with Crippen LogP contribution >= 0.6 is 0 Å². The molecule has 7 nitrogen and oxygen atoms in total. The molecule has 2 aromatic rings. The molecule has 3 rings (SSSR count). The summed E-state index contributed by atoms with van der Waals surface area (Å²) < 4.78 is 37.1. The standard InChI is InChI=1S/C22H25NO6S/c1-17-11-13-23(14-12-17)30(26,27)20-9-7-19(8-10-20)22(25)29-16-15-28-21(24)18-5-3-2-4-6-18/h2-10,17H,11-16H2,1H3. The fraction of sp³-hybridized carbons (Fsp3) is 0.364. The van der Waals surface area contributed by atoms with E-state index in [4.69, 9.17) is 9.47 Å². The molecule has 1 aliphatic heterocycles. The Morgan fingerprint density at radius 2 is 1.37 bits per heavy atom. The smallest absolute Gasteiger partial charge is 0.338 e. The summed E-state index contributed by atoms with van der Waals surface area (Å²) in [4.78, 5) is 24.1. The molecule has 0 aromatic heterocycles. The van der Waals surface area contributed by atoms with Crippen LogP contribution in [0.15, 0.2) is 59.5 Å². The molecule has 0 bridgehead atoms. The van der Waals surface area contributed by atoms with Gasteiger partial charge in [-0.1, -0.05) is 25.1 Å². The van der Waals surface area contributed by atoms with E-state index in [2.05, 4.69) is 6.92 Å². The lowest BCUT2D eigenvalue weighted by Crippen LogP contribution is -2.37. The molecule has 0 aliphatic carbocycles. The van der Waals surface area contributed by atoms with Gasteiger partial charge in [0.25, 0.3) is 0 Å². The van der Waals surface area contributed by atoms with E-state index in [-0.39, 0.29) is 23.7 Å². The lowest BCUT2D eigenvalue weighted by molar-refractivity contribution is 0.0265. The Labute approximate surface area is 176 Å². The van der Waals surface area contributed by atoms with E-state index in [1.807, 2.05) is 0 Å². The number of benzene rings is 2. The molecule has 1 saturated heterocycles. The van der Waals surface area contributed by atoms with Crippen LogP contribution in [0.2, 0.25) is 0 Å². The van der Waals surface area contributed by atoms with E-state index in [0.29, 0.717) is 24.6 Å². The van der Waals surface area contributed by atoms with Gasteiger partial charge < -0.3 is 9.47 Å². The number of sulfonamides is 1. The van der Waals surface area contributed by atoms with Gasteiger partial charge in [-0.25, -0.2) is 18.0 Å². The second-order valence-corrected chi connectivity index (χ2v) is 9.19. The van der Waals surface area contributed by atoms with Gasteiger partial charge in [0.2, 0.25) is 10.0 Å². The second-order valence-electron chi connectivity index (χ2n) is 7.25. The lowest BCUT2D eigenvalue weighted by Gasteiger charge is -2.29. The fourth-order valence-electron chi connectivity index (χ4n) is 3.15. The van der Waals surface area contributed by atoms with Crippen LogP contribution in [0.3, 0.4) is 0 Å². The minimum absolute atomic E-state index is 0.0701. The molecule has 30 heavy (non-hydrogen) atoms. The molecule has 0 saturated carbocycles. The van der Waals surface area contributed by atoms with Crippen molar-refractivity contribution in [3.63, 3.8) is 0 Å². The Balaban J connectivity index is 1.49. The third-order valence-electron chi connectivity index (χ3n) is 5.03. The molecule has 1 aliphatic rings. The molecule has 0 atom stereocenters. The normalized spacial score (nSPS) is 15.5. The summed E-state index contributed by atoms with van der Waals surface area (Å²) in [6.45, 7) is 2.97. The number of nitrogens with zero attached hydrogens (tertiary/aromatic N) is 1. The van der Waals surface area contributed by atoms with Crippen molar-refractivity contribution in [2.75, 3.05) is 26.3 Å². The van der Waals surface area contributed by atoms with Gasteiger partial charge in [-0.05, 0) is 55.2 Å². The zero-order valence-electron chi connectivity index (χ0n) is 16.8. The molecule has 2 aromatic carbocycles. The third-order valence-corrected chi connectivity index (χ3v) is 6.94. The van der Waals surface area contributed by atoms with Crippen molar-refractivity contribution >= 4 is 22.0 Å². The van der Waals surface area contributed by atoms with E-state index in [0.717, 1.165) is 12.8 Å². The summed E-state index contributed by atoms with van der Waals surface area (Å²) in [6, 6.07) is 14.2. The molecule has 1 fully saturated rings. The van der Waals surface area contributed by atoms with Gasteiger partial charge in [-0.15, -0.1) is 0 Å². The summed E-state index contributed by atoms with van der Waals surface area (Å²) in [5.41, 5.74) is 0.652. The van der Waals surface area contributed by atoms with Crippen molar-refractivity contribution in [3.8, 4) is 0 Å². The Kier molecular flexibility index (Phi) is 7.23. The van der Waals surface area contributed by atoms with Gasteiger partial charge in [0, 0.05) is 13.1 Å². The topological polar surface area (TPSA) is 90.0 Å². The van der Waals surface area contributed by atoms with Crippen LogP contribution in [0.1, 0.15) is 40.5 Å². The molecule has 160 valence electrons. The van der Waals surface area contributed by atoms with Crippen LogP contribution < -0.4 is 0 Å². The number of esters is 2. The van der Waals surface area contributed by atoms with Crippen molar-refractivity contribution in [1.29, 1.82) is 0 Å². The zero-order chi connectivity index (χ0) is 21.6. The molecule has 0 spiro atoms. The second kappa shape index (κ2) is 9.86. The van der Waals surface area contributed by atoms with Crippen LogP contribution in [0, 0.1) is 5.92 Å². The first-order valence-corrected chi connectivity index (χ1v) is 11.3. The maximum absolute atomic E-state index is 12.7. The summed E-state index contributed by atoms with van der Waals surface area (Å²) in [7, 11) is -3.56. The van der Waals surface area contributed by atoms with E-state index in [1.54, 1.807) is 30.3 Å². The van der Waals surface area contributed by atoms with E-state index in [1.165, 1.54) is 28.6 Å². The Morgan fingerprint density at radius 3 is 1.90 bits per heavy atom. The largest absolute Gasteiger partial charge is 0.458 e. The highest BCUT2D eigenvalue weighted by Crippen LogP contribution is 2.23. The number of carbonyl (C=O) groups is 2. The highest BCUT2D eigenvalue weighted by molar-refractivity contribution is 7.89. The molecule has 1 heterocycles. The number of piperidine rings is 1. The van der Waals surface area contributed by atoms with E-state index in [9.17, 15) is 18.0 Å². The number of ether oxygens (including phenoxy) is 2. The third kappa shape index (κ3) is 5.46. The molecule has 8 heteroatoms. The average molecular weight is 432 g/mol.